The molecule has 0 saturated carbocycles. The third kappa shape index (κ3) is 8.16. The highest BCUT2D eigenvalue weighted by Crippen LogP contribution is 2.22. The molecule has 200 valence electrons. The average molecular weight is 528 g/mol. The van der Waals surface area contributed by atoms with Crippen LogP contribution in [0.4, 0.5) is 0 Å². The summed E-state index contributed by atoms with van der Waals surface area (Å²) in [4.78, 5) is 15.4. The molecule has 0 amide bonds. The Morgan fingerprint density at radius 3 is 1.73 bits per heavy atom. The summed E-state index contributed by atoms with van der Waals surface area (Å²) < 4.78 is 12.0. The van der Waals surface area contributed by atoms with Gasteiger partial charge in [0.2, 0.25) is 0 Å². The van der Waals surface area contributed by atoms with Gasteiger partial charge in [-0.05, 0) is 53.1 Å². The quantitative estimate of drug-likeness (QED) is 0.146. The Balaban J connectivity index is 1.16. The van der Waals surface area contributed by atoms with Gasteiger partial charge in [-0.2, -0.15) is 0 Å². The van der Waals surface area contributed by atoms with E-state index in [1.54, 1.807) is 0 Å². The fraction of sp³-hybridized carbons (Fsp3) is 0.139. The number of Topliss-reactive ketones (excluding diaryl/α,β-unsaturated/α-hetero) is 1. The fourth-order valence-corrected chi connectivity index (χ4v) is 4.54. The van der Waals surface area contributed by atoms with Crippen molar-refractivity contribution in [2.75, 3.05) is 13.2 Å². The van der Waals surface area contributed by atoms with Crippen LogP contribution >= 0.6 is 0 Å². The van der Waals surface area contributed by atoms with Gasteiger partial charge in [0.25, 0.3) is 0 Å². The van der Waals surface area contributed by atoms with E-state index in [1.165, 1.54) is 11.1 Å². The van der Waals surface area contributed by atoms with Crippen molar-refractivity contribution >= 4 is 5.78 Å². The molecule has 0 aliphatic carbocycles. The first-order valence-corrected chi connectivity index (χ1v) is 13.6. The first-order chi connectivity index (χ1) is 19.7. The van der Waals surface area contributed by atoms with E-state index in [2.05, 4.69) is 53.4 Å². The Morgan fingerprint density at radius 1 is 0.550 bits per heavy atom. The molecule has 0 heterocycles. The molecule has 5 aromatic rings. The zero-order chi connectivity index (χ0) is 27.4. The second-order valence-electron chi connectivity index (χ2n) is 9.72. The molecule has 0 aliphatic heterocycles. The predicted octanol–water partition coefficient (Wildman–Crippen LogP) is 7.99. The smallest absolute Gasteiger partial charge is 0.167 e. The van der Waals surface area contributed by atoms with Crippen LogP contribution in [-0.2, 0) is 19.5 Å². The number of carbonyl (C=O) groups excluding carboxylic acids is 1. The number of hydrogen-bond acceptors (Lipinski definition) is 4. The van der Waals surface area contributed by atoms with Gasteiger partial charge >= 0.3 is 0 Å². The van der Waals surface area contributed by atoms with Crippen LogP contribution in [0.5, 0.6) is 17.2 Å². The summed E-state index contributed by atoms with van der Waals surface area (Å²) in [6.45, 7) is 2.97. The normalized spacial score (nSPS) is 10.8. The molecule has 0 atom stereocenters. The van der Waals surface area contributed by atoms with Crippen molar-refractivity contribution in [3.63, 3.8) is 0 Å². The molecule has 40 heavy (non-hydrogen) atoms. The second kappa shape index (κ2) is 13.9. The molecule has 0 spiro atoms. The monoisotopic (exact) mass is 527 g/mol. The summed E-state index contributed by atoms with van der Waals surface area (Å²) in [6.07, 6.45) is 0.316. The fourth-order valence-electron chi connectivity index (χ4n) is 4.54. The lowest BCUT2D eigenvalue weighted by Gasteiger charge is -2.23. The SMILES string of the molecule is O=C(Cc1ccc(Oc2ccccc2)cc1)c1cccc(OCCN(Cc2ccccc2)Cc2ccccc2)c1. The van der Waals surface area contributed by atoms with Crippen molar-refractivity contribution in [3.05, 3.63) is 162 Å². The minimum Gasteiger partial charge on any atom is -0.492 e. The van der Waals surface area contributed by atoms with E-state index in [0.717, 1.165) is 36.7 Å². The van der Waals surface area contributed by atoms with Crippen LogP contribution < -0.4 is 9.47 Å². The van der Waals surface area contributed by atoms with Crippen LogP contribution in [0.25, 0.3) is 0 Å². The highest BCUT2D eigenvalue weighted by molar-refractivity contribution is 5.97. The Labute approximate surface area is 236 Å². The van der Waals surface area contributed by atoms with E-state index in [4.69, 9.17) is 9.47 Å². The number of benzene rings is 5. The number of ketones is 1. The molecule has 0 bridgehead atoms. The van der Waals surface area contributed by atoms with Crippen LogP contribution in [0.2, 0.25) is 0 Å². The van der Waals surface area contributed by atoms with E-state index >= 15 is 0 Å². The van der Waals surface area contributed by atoms with E-state index in [9.17, 15) is 4.79 Å². The van der Waals surface area contributed by atoms with Gasteiger partial charge in [0, 0.05) is 31.6 Å². The van der Waals surface area contributed by atoms with E-state index in [0.29, 0.717) is 24.3 Å². The second-order valence-corrected chi connectivity index (χ2v) is 9.72. The third-order valence-corrected chi connectivity index (χ3v) is 6.60. The van der Waals surface area contributed by atoms with Crippen molar-refractivity contribution in [1.29, 1.82) is 0 Å². The Kier molecular flexibility index (Phi) is 9.37. The maximum Gasteiger partial charge on any atom is 0.167 e. The van der Waals surface area contributed by atoms with Crippen LogP contribution in [0.1, 0.15) is 27.0 Å². The van der Waals surface area contributed by atoms with Crippen LogP contribution in [0.3, 0.4) is 0 Å². The van der Waals surface area contributed by atoms with E-state index < -0.39 is 0 Å². The lowest BCUT2D eigenvalue weighted by molar-refractivity contribution is 0.0992. The summed E-state index contributed by atoms with van der Waals surface area (Å²) >= 11 is 0. The molecule has 0 saturated heterocycles. The van der Waals surface area contributed by atoms with Crippen molar-refractivity contribution in [2.45, 2.75) is 19.5 Å². The summed E-state index contributed by atoms with van der Waals surface area (Å²) in [5.74, 6) is 2.28. The van der Waals surface area contributed by atoms with Crippen LogP contribution in [0.15, 0.2) is 140 Å². The average Bonchev–Trinajstić information content (AvgIpc) is 3.00. The minimum absolute atomic E-state index is 0.0527. The maximum absolute atomic E-state index is 13.0. The first-order valence-electron chi connectivity index (χ1n) is 13.6. The molecule has 0 radical (unpaired) electrons. The van der Waals surface area contributed by atoms with Crippen molar-refractivity contribution < 1.29 is 14.3 Å². The molecule has 0 N–H and O–H groups in total. The number of nitrogens with zero attached hydrogens (tertiary/aromatic N) is 1. The highest BCUT2D eigenvalue weighted by Gasteiger charge is 2.11. The number of ether oxygens (including phenoxy) is 2. The topological polar surface area (TPSA) is 38.8 Å². The van der Waals surface area contributed by atoms with Gasteiger partial charge < -0.3 is 9.47 Å². The van der Waals surface area contributed by atoms with Crippen molar-refractivity contribution in [2.24, 2.45) is 0 Å². The number of para-hydroxylation sites is 1. The van der Waals surface area contributed by atoms with Gasteiger partial charge in [-0.3, -0.25) is 9.69 Å². The van der Waals surface area contributed by atoms with Crippen LogP contribution in [-0.4, -0.2) is 23.8 Å². The molecule has 0 aromatic heterocycles. The molecule has 4 nitrogen and oxygen atoms in total. The number of hydrogen-bond donors (Lipinski definition) is 0. The van der Waals surface area contributed by atoms with Crippen molar-refractivity contribution in [1.82, 2.24) is 4.90 Å². The molecule has 0 unspecified atom stereocenters. The Bertz CT molecular complexity index is 1430. The Hall–Kier alpha value is -4.67. The first kappa shape index (κ1) is 26.9. The predicted molar refractivity (Wildman–Crippen MR) is 160 cm³/mol. The molecule has 5 aromatic carbocycles. The highest BCUT2D eigenvalue weighted by atomic mass is 16.5. The van der Waals surface area contributed by atoms with Gasteiger partial charge in [0.1, 0.15) is 23.9 Å². The van der Waals surface area contributed by atoms with Gasteiger partial charge in [-0.1, -0.05) is 103 Å². The lowest BCUT2D eigenvalue weighted by Crippen LogP contribution is -2.27. The largest absolute Gasteiger partial charge is 0.492 e. The Morgan fingerprint density at radius 2 is 1.10 bits per heavy atom. The lowest BCUT2D eigenvalue weighted by atomic mass is 10.0. The van der Waals surface area contributed by atoms with Crippen LogP contribution in [0, 0.1) is 0 Å². The van der Waals surface area contributed by atoms with Gasteiger partial charge in [-0.15, -0.1) is 0 Å². The maximum atomic E-state index is 13.0. The van der Waals surface area contributed by atoms with Crippen molar-refractivity contribution in [3.8, 4) is 17.2 Å². The van der Waals surface area contributed by atoms with Gasteiger partial charge in [-0.25, -0.2) is 0 Å². The number of carbonyl (C=O) groups is 1. The standard InChI is InChI=1S/C36H33NO3/c38-36(25-29-19-21-34(22-20-29)40-33-16-8-3-9-17-33)32-15-10-18-35(26-32)39-24-23-37(27-30-11-4-1-5-12-30)28-31-13-6-2-7-14-31/h1-22,26H,23-25,27-28H2. The zero-order valence-corrected chi connectivity index (χ0v) is 22.5. The van der Waals surface area contributed by atoms with Gasteiger partial charge in [0.15, 0.2) is 5.78 Å². The minimum atomic E-state index is 0.0527. The summed E-state index contributed by atoms with van der Waals surface area (Å²) in [7, 11) is 0. The zero-order valence-electron chi connectivity index (χ0n) is 22.5. The molecule has 4 heteroatoms. The van der Waals surface area contributed by atoms with Gasteiger partial charge in [0.05, 0.1) is 0 Å². The summed E-state index contributed by atoms with van der Waals surface area (Å²) in [5.41, 5.74) is 4.12. The molecular formula is C36H33NO3. The third-order valence-electron chi connectivity index (χ3n) is 6.60. The number of rotatable bonds is 13. The summed E-state index contributed by atoms with van der Waals surface area (Å²) in [5, 5.41) is 0. The van der Waals surface area contributed by atoms with E-state index in [1.807, 2.05) is 91.0 Å². The molecule has 0 fully saturated rings. The molecular weight excluding hydrogens is 494 g/mol. The van der Waals surface area contributed by atoms with E-state index in [-0.39, 0.29) is 5.78 Å². The summed E-state index contributed by atoms with van der Waals surface area (Å²) in [6, 6.07) is 45.8. The molecule has 5 rings (SSSR count). The molecule has 0 aliphatic rings.